The molecule has 4 nitrogen and oxygen atoms in total. The highest BCUT2D eigenvalue weighted by molar-refractivity contribution is 8.20. The van der Waals surface area contributed by atoms with E-state index < -0.39 is 21.0 Å². The molecule has 7 heteroatoms. The molecule has 2 aliphatic rings. The van der Waals surface area contributed by atoms with E-state index in [9.17, 15) is 14.0 Å². The van der Waals surface area contributed by atoms with Crippen LogP contribution in [0.2, 0.25) is 0 Å². The number of hydrogen-bond donors (Lipinski definition) is 0. The summed E-state index contributed by atoms with van der Waals surface area (Å²) in [5, 5.41) is 0. The monoisotopic (exact) mass is 582 g/mol. The van der Waals surface area contributed by atoms with E-state index in [1.165, 1.54) is 0 Å². The first-order valence-electron chi connectivity index (χ1n) is 12.5. The van der Waals surface area contributed by atoms with Gasteiger partial charge in [0.05, 0.1) is 20.0 Å². The average Bonchev–Trinajstić information content (AvgIpc) is 2.98. The second kappa shape index (κ2) is 11.6. The Hall–Kier alpha value is -3.46. The van der Waals surface area contributed by atoms with Gasteiger partial charge in [0.2, 0.25) is 0 Å². The number of rotatable bonds is 6. The van der Waals surface area contributed by atoms with Crippen molar-refractivity contribution >= 4 is 48.9 Å². The molecule has 0 aliphatic carbocycles. The molecule has 0 saturated heterocycles. The molecule has 40 heavy (non-hydrogen) atoms. The zero-order valence-electron chi connectivity index (χ0n) is 21.1. The summed E-state index contributed by atoms with van der Waals surface area (Å²) in [5.41, 5.74) is 5.82. The minimum absolute atomic E-state index is 0.617. The molecule has 198 valence electrons. The van der Waals surface area contributed by atoms with E-state index in [2.05, 4.69) is 30.3 Å². The first-order valence-corrected chi connectivity index (χ1v) is 15.7. The summed E-state index contributed by atoms with van der Waals surface area (Å²) in [6, 6.07) is 35.6. The van der Waals surface area contributed by atoms with Gasteiger partial charge in [-0.25, -0.2) is 0 Å². The molecule has 0 saturated carbocycles. The van der Waals surface area contributed by atoms with Gasteiger partial charge in [0.25, 0.3) is 0 Å². The smallest absolute Gasteiger partial charge is 0.148 e. The summed E-state index contributed by atoms with van der Waals surface area (Å²) in [4.78, 5) is 3.55. The van der Waals surface area contributed by atoms with Crippen molar-refractivity contribution in [2.45, 2.75) is 4.90 Å². The van der Waals surface area contributed by atoms with Gasteiger partial charge in [-0.15, -0.1) is 0 Å². The molecule has 0 N–H and O–H groups in total. The Morgan fingerprint density at radius 3 is 2.02 bits per heavy atom. The predicted octanol–water partition coefficient (Wildman–Crippen LogP) is 5.60. The highest BCUT2D eigenvalue weighted by Gasteiger charge is 2.32. The highest BCUT2D eigenvalue weighted by Crippen LogP contribution is 2.46. The Balaban J connectivity index is 1.48. The molecule has 4 aromatic rings. The molecule has 0 radical (unpaired) electrons. The van der Waals surface area contributed by atoms with E-state index in [0.717, 1.165) is 43.2 Å². The topological polar surface area (TPSA) is 78.4 Å². The van der Waals surface area contributed by atoms with Gasteiger partial charge in [0.15, 0.2) is 0 Å². The number of hydrogen-bond acceptors (Lipinski definition) is 5. The summed E-state index contributed by atoms with van der Waals surface area (Å²) >= 11 is 1.73. The second-order valence-corrected chi connectivity index (χ2v) is 12.8. The molecule has 0 bridgehead atoms. The number of benzene rings is 4. The summed E-state index contributed by atoms with van der Waals surface area (Å²) in [6.45, 7) is 0. The van der Waals surface area contributed by atoms with Crippen LogP contribution in [-0.2, 0) is 3.74 Å². The van der Waals surface area contributed by atoms with Crippen molar-refractivity contribution in [1.29, 1.82) is 0 Å². The van der Waals surface area contributed by atoms with E-state index in [4.69, 9.17) is 3.74 Å². The van der Waals surface area contributed by atoms with Crippen molar-refractivity contribution < 1.29 is 28.0 Å². The molecule has 2 heterocycles. The molecule has 6 rings (SSSR count). The quantitative estimate of drug-likeness (QED) is 0.218. The Bertz CT molecular complexity index is 1720. The Labute approximate surface area is 242 Å². The molecule has 0 fully saturated rings. The maximum Gasteiger partial charge on any atom is 0.148 e. The molecule has 0 spiro atoms. The fourth-order valence-corrected chi connectivity index (χ4v) is 8.32. The molecule has 1 unspecified atom stereocenters. The second-order valence-electron chi connectivity index (χ2n) is 8.99. The van der Waals surface area contributed by atoms with Crippen LogP contribution in [0.1, 0.15) is 27.8 Å². The lowest BCUT2D eigenvalue weighted by Crippen LogP contribution is -2.60. The van der Waals surface area contributed by atoms with Crippen LogP contribution < -0.4 is 14.0 Å². The lowest BCUT2D eigenvalue weighted by molar-refractivity contribution is -1.91. The van der Waals surface area contributed by atoms with Gasteiger partial charge < -0.3 is 0 Å². The number of halogens is 1. The maximum atomic E-state index is 11.9. The van der Waals surface area contributed by atoms with Crippen LogP contribution in [0.15, 0.2) is 138 Å². The summed E-state index contributed by atoms with van der Waals surface area (Å²) < 4.78 is 40.8. The standard InChI is InChI=1S/C33H23ClO4S2/c35-34(36,37)38-40-32(29-19-8-7-16-27(29)23-33(40)25-14-5-2-6-15-25)21-11-17-26-22-31(24-12-3-1-4-13-24)39-30-20-10-9-18-28(26)30/h1-23H/b21-11+,26-17+. The van der Waals surface area contributed by atoms with Crippen LogP contribution in [0.25, 0.3) is 21.5 Å². The van der Waals surface area contributed by atoms with Crippen LogP contribution in [0.3, 0.4) is 0 Å². The fraction of sp³-hybridized carbons (Fsp3) is 0. The van der Waals surface area contributed by atoms with E-state index in [1.54, 1.807) is 11.8 Å². The normalized spacial score (nSPS) is 17.8. The van der Waals surface area contributed by atoms with Crippen molar-refractivity contribution in [3.63, 3.8) is 0 Å². The van der Waals surface area contributed by atoms with E-state index in [-0.39, 0.29) is 0 Å². The molecule has 1 atom stereocenters. The fourth-order valence-electron chi connectivity index (χ4n) is 4.63. The number of thioether (sulfide) groups is 1. The third-order valence-corrected chi connectivity index (χ3v) is 10.2. The van der Waals surface area contributed by atoms with Crippen molar-refractivity contribution in [2.24, 2.45) is 0 Å². The Morgan fingerprint density at radius 1 is 0.675 bits per heavy atom. The molecule has 0 amide bonds. The average molecular weight is 583 g/mol. The summed E-state index contributed by atoms with van der Waals surface area (Å²) in [6.07, 6.45) is 9.83. The van der Waals surface area contributed by atoms with E-state index in [1.807, 2.05) is 109 Å². The van der Waals surface area contributed by atoms with Crippen molar-refractivity contribution in [2.75, 3.05) is 0 Å². The minimum atomic E-state index is -4.67. The van der Waals surface area contributed by atoms with Crippen molar-refractivity contribution in [3.8, 4) is 0 Å². The molecular weight excluding hydrogens is 560 g/mol. The van der Waals surface area contributed by atoms with Gasteiger partial charge in [0.1, 0.15) is 14.5 Å². The zero-order chi connectivity index (χ0) is 27.5. The van der Waals surface area contributed by atoms with Gasteiger partial charge >= 0.3 is 0 Å². The van der Waals surface area contributed by atoms with Crippen molar-refractivity contribution in [3.05, 3.63) is 161 Å². The SMILES string of the molecule is [O-][Cl+3]([O-])([O-])OS1=C(/C=C/C=C2\C=C(c3ccccc3)Sc3ccccc32)c2ccccc2C=C1c1ccccc1. The number of allylic oxidation sites excluding steroid dienone is 5. The predicted molar refractivity (Wildman–Crippen MR) is 157 cm³/mol. The van der Waals surface area contributed by atoms with E-state index in [0.29, 0.717) is 9.77 Å². The van der Waals surface area contributed by atoms with E-state index >= 15 is 0 Å². The first kappa shape index (κ1) is 26.7. The summed E-state index contributed by atoms with van der Waals surface area (Å²) in [7, 11) is -6.13. The van der Waals surface area contributed by atoms with Gasteiger partial charge in [-0.05, 0) is 57.7 Å². The lowest BCUT2D eigenvalue weighted by atomic mass is 10.0. The summed E-state index contributed by atoms with van der Waals surface area (Å²) in [5.74, 6) is 0. The Kier molecular flexibility index (Phi) is 7.74. The van der Waals surface area contributed by atoms with Crippen LogP contribution >= 0.6 is 22.5 Å². The highest BCUT2D eigenvalue weighted by atomic mass is 35.7. The third-order valence-electron chi connectivity index (χ3n) is 6.40. The van der Waals surface area contributed by atoms with Crippen LogP contribution in [-0.4, -0.2) is 4.86 Å². The van der Waals surface area contributed by atoms with Gasteiger partial charge in [-0.2, -0.15) is 14.0 Å². The lowest BCUT2D eigenvalue weighted by Gasteiger charge is -2.22. The zero-order valence-corrected chi connectivity index (χ0v) is 23.5. The van der Waals surface area contributed by atoms with Gasteiger partial charge in [0, 0.05) is 9.80 Å². The molecule has 4 aromatic carbocycles. The third kappa shape index (κ3) is 5.84. The number of fused-ring (bicyclic) bond motifs is 2. The Morgan fingerprint density at radius 2 is 1.30 bits per heavy atom. The molecule has 2 aliphatic heterocycles. The molecular formula is C33H23ClO4S2. The van der Waals surface area contributed by atoms with Crippen LogP contribution in [0.5, 0.6) is 0 Å². The minimum Gasteiger partial charge on any atom is -0.182 e. The van der Waals surface area contributed by atoms with Crippen LogP contribution in [0, 0.1) is 10.2 Å². The van der Waals surface area contributed by atoms with Crippen LogP contribution in [0.4, 0.5) is 0 Å². The first-order chi connectivity index (χ1) is 19.5. The van der Waals surface area contributed by atoms with Gasteiger partial charge in [-0.3, -0.25) is 0 Å². The van der Waals surface area contributed by atoms with Gasteiger partial charge in [-0.1, -0.05) is 127 Å². The largest absolute Gasteiger partial charge is 0.182 e. The molecule has 0 aromatic heterocycles. The van der Waals surface area contributed by atoms with Crippen molar-refractivity contribution in [1.82, 2.24) is 0 Å². The maximum absolute atomic E-state index is 11.9.